The Morgan fingerprint density at radius 1 is 1.02 bits per heavy atom. The molecule has 1 fully saturated rings. The first-order valence-corrected chi connectivity index (χ1v) is 15.5. The summed E-state index contributed by atoms with van der Waals surface area (Å²) < 4.78 is 29.0. The minimum Gasteiger partial charge on any atom is -0.364 e. The SMILES string of the molecule is CC(C)(C)c1ccc2c(n1)N1C[C@@H](CC[C@H](c3cccc(C(N)=O)n3)Nc3cccc(n3)S(=O)(=O)NC2=O)CC1(C)C. The molecule has 0 saturated carbocycles. The van der Waals surface area contributed by atoms with E-state index in [0.717, 1.165) is 18.5 Å². The number of nitrogens with zero attached hydrogens (tertiary/aromatic N) is 4. The van der Waals surface area contributed by atoms with Gasteiger partial charge < -0.3 is 16.0 Å². The third-order valence-electron chi connectivity index (χ3n) is 7.90. The van der Waals surface area contributed by atoms with E-state index in [0.29, 0.717) is 30.3 Å². The number of anilines is 2. The number of hydrogen-bond acceptors (Lipinski definition) is 9. The van der Waals surface area contributed by atoms with Gasteiger partial charge in [-0.1, -0.05) is 32.9 Å². The maximum Gasteiger partial charge on any atom is 0.281 e. The molecule has 2 aliphatic heterocycles. The van der Waals surface area contributed by atoms with Gasteiger partial charge in [0.1, 0.15) is 17.3 Å². The summed E-state index contributed by atoms with van der Waals surface area (Å²) in [6.45, 7) is 11.0. The van der Waals surface area contributed by atoms with Crippen LogP contribution in [-0.2, 0) is 15.4 Å². The Morgan fingerprint density at radius 2 is 1.76 bits per heavy atom. The van der Waals surface area contributed by atoms with Crippen LogP contribution in [0, 0.1) is 5.92 Å². The van der Waals surface area contributed by atoms with Crippen molar-refractivity contribution < 1.29 is 18.0 Å². The van der Waals surface area contributed by atoms with E-state index < -0.39 is 21.8 Å². The Labute approximate surface area is 246 Å². The molecule has 0 aliphatic carbocycles. The standard InChI is InChI=1S/C30H37N7O4S/c1-29(2,3)23-15-13-19-27(34-23)37-17-18(16-30(37,4)5)12-14-21(20-8-6-9-22(32-20)26(31)38)33-24-10-7-11-25(35-24)42(40,41)36-28(19)39/h6-11,13,15,18,21H,12,14,16-17H2,1-5H3,(H2,31,38)(H,33,35)(H,36,39)/t18-,21+/m0/s1. The molecule has 2 atom stereocenters. The smallest absolute Gasteiger partial charge is 0.281 e. The van der Waals surface area contributed by atoms with Gasteiger partial charge in [0.05, 0.1) is 17.3 Å². The molecule has 2 aliphatic rings. The number of carbonyl (C=O) groups is 2. The summed E-state index contributed by atoms with van der Waals surface area (Å²) >= 11 is 0. The Bertz CT molecular complexity index is 1650. The maximum absolute atomic E-state index is 13.6. The van der Waals surface area contributed by atoms with Crippen molar-refractivity contribution in [3.8, 4) is 0 Å². The summed E-state index contributed by atoms with van der Waals surface area (Å²) in [7, 11) is -4.33. The number of nitrogens with two attached hydrogens (primary N) is 1. The second kappa shape index (κ2) is 10.6. The molecule has 1 saturated heterocycles. The molecule has 5 heterocycles. The lowest BCUT2D eigenvalue weighted by atomic mass is 9.90. The number of amides is 2. The van der Waals surface area contributed by atoms with Crippen LogP contribution in [-0.4, -0.2) is 47.3 Å². The fourth-order valence-electron chi connectivity index (χ4n) is 5.73. The van der Waals surface area contributed by atoms with Gasteiger partial charge in [0.25, 0.3) is 21.8 Å². The molecule has 5 rings (SSSR count). The van der Waals surface area contributed by atoms with Crippen LogP contribution in [0.2, 0.25) is 0 Å². The highest BCUT2D eigenvalue weighted by molar-refractivity contribution is 7.90. The molecule has 0 spiro atoms. The van der Waals surface area contributed by atoms with Crippen LogP contribution < -0.4 is 20.7 Å². The number of sulfonamides is 1. The Hall–Kier alpha value is -4.06. The van der Waals surface area contributed by atoms with E-state index >= 15 is 0 Å². The van der Waals surface area contributed by atoms with E-state index in [-0.39, 0.29) is 39.2 Å². The van der Waals surface area contributed by atoms with Crippen LogP contribution in [0.15, 0.2) is 53.6 Å². The molecule has 42 heavy (non-hydrogen) atoms. The molecule has 4 N–H and O–H groups in total. The summed E-state index contributed by atoms with van der Waals surface area (Å²) in [4.78, 5) is 41.3. The van der Waals surface area contributed by atoms with Gasteiger partial charge in [-0.05, 0) is 75.4 Å². The number of pyridine rings is 3. The zero-order chi connectivity index (χ0) is 30.4. The van der Waals surface area contributed by atoms with Gasteiger partial charge in [-0.25, -0.2) is 19.7 Å². The van der Waals surface area contributed by atoms with Gasteiger partial charge in [0.2, 0.25) is 0 Å². The third-order valence-corrected chi connectivity index (χ3v) is 9.13. The zero-order valence-corrected chi connectivity index (χ0v) is 25.3. The van der Waals surface area contributed by atoms with Crippen LogP contribution in [0.3, 0.4) is 0 Å². The molecule has 3 aromatic rings. The number of primary amides is 1. The average Bonchev–Trinajstić information content (AvgIpc) is 3.23. The summed E-state index contributed by atoms with van der Waals surface area (Å²) in [6, 6.07) is 12.7. The Balaban J connectivity index is 1.63. The minimum absolute atomic E-state index is 0.141. The van der Waals surface area contributed by atoms with Gasteiger partial charge >= 0.3 is 0 Å². The molecule has 12 heteroatoms. The summed E-state index contributed by atoms with van der Waals surface area (Å²) in [5.74, 6) is -0.401. The van der Waals surface area contributed by atoms with Gasteiger partial charge in [-0.15, -0.1) is 0 Å². The fourth-order valence-corrected chi connectivity index (χ4v) is 6.67. The van der Waals surface area contributed by atoms with Crippen LogP contribution in [0.5, 0.6) is 0 Å². The third kappa shape index (κ3) is 5.94. The van der Waals surface area contributed by atoms with E-state index in [1.807, 2.05) is 20.8 Å². The fraction of sp³-hybridized carbons (Fsp3) is 0.433. The first-order valence-electron chi connectivity index (χ1n) is 14.0. The normalized spacial score (nSPS) is 21.7. The van der Waals surface area contributed by atoms with Gasteiger partial charge in [0.15, 0.2) is 5.03 Å². The molecule has 0 radical (unpaired) electrons. The molecule has 222 valence electrons. The van der Waals surface area contributed by atoms with Crippen LogP contribution in [0.25, 0.3) is 0 Å². The van der Waals surface area contributed by atoms with Gasteiger partial charge in [-0.3, -0.25) is 9.59 Å². The summed E-state index contributed by atoms with van der Waals surface area (Å²) in [5, 5.41) is 3.00. The largest absolute Gasteiger partial charge is 0.364 e. The maximum atomic E-state index is 13.6. The number of aromatic nitrogens is 3. The van der Waals surface area contributed by atoms with Crippen molar-refractivity contribution in [2.75, 3.05) is 16.8 Å². The van der Waals surface area contributed by atoms with E-state index in [4.69, 9.17) is 10.7 Å². The quantitative estimate of drug-likeness (QED) is 0.401. The second-order valence-corrected chi connectivity index (χ2v) is 14.3. The molecule has 2 amide bonds. The average molecular weight is 592 g/mol. The summed E-state index contributed by atoms with van der Waals surface area (Å²) in [6.07, 6.45) is 2.25. The number of rotatable bonds is 2. The summed E-state index contributed by atoms with van der Waals surface area (Å²) in [5.41, 5.74) is 6.59. The number of hydrogen-bond donors (Lipinski definition) is 3. The molecular weight excluding hydrogens is 554 g/mol. The van der Waals surface area contributed by atoms with Crippen molar-refractivity contribution in [3.05, 3.63) is 71.2 Å². The lowest BCUT2D eigenvalue weighted by Crippen LogP contribution is -2.41. The number of carbonyl (C=O) groups excluding carboxylic acids is 2. The predicted octanol–water partition coefficient (Wildman–Crippen LogP) is 3.94. The molecular formula is C30H37N7O4S. The van der Waals surface area contributed by atoms with E-state index in [2.05, 4.69) is 38.8 Å². The minimum atomic E-state index is -4.33. The first-order chi connectivity index (χ1) is 19.6. The molecule has 11 nitrogen and oxygen atoms in total. The highest BCUT2D eigenvalue weighted by Crippen LogP contribution is 2.41. The number of nitrogens with one attached hydrogen (secondary N) is 2. The van der Waals surface area contributed by atoms with Crippen molar-refractivity contribution >= 4 is 33.5 Å². The highest BCUT2D eigenvalue weighted by Gasteiger charge is 2.41. The van der Waals surface area contributed by atoms with E-state index in [9.17, 15) is 18.0 Å². The van der Waals surface area contributed by atoms with Crippen molar-refractivity contribution in [2.45, 2.75) is 75.9 Å². The van der Waals surface area contributed by atoms with Crippen molar-refractivity contribution in [1.82, 2.24) is 19.7 Å². The highest BCUT2D eigenvalue weighted by atomic mass is 32.2. The Kier molecular flexibility index (Phi) is 7.46. The van der Waals surface area contributed by atoms with Crippen LogP contribution in [0.4, 0.5) is 11.6 Å². The van der Waals surface area contributed by atoms with Crippen LogP contribution in [0.1, 0.15) is 92.2 Å². The first kappa shape index (κ1) is 29.4. The molecule has 0 aromatic carbocycles. The predicted molar refractivity (Wildman–Crippen MR) is 160 cm³/mol. The van der Waals surface area contributed by atoms with Crippen molar-refractivity contribution in [1.29, 1.82) is 0 Å². The van der Waals surface area contributed by atoms with Gasteiger partial charge in [0, 0.05) is 23.2 Å². The Morgan fingerprint density at radius 3 is 2.48 bits per heavy atom. The monoisotopic (exact) mass is 591 g/mol. The van der Waals surface area contributed by atoms with E-state index in [1.165, 1.54) is 6.07 Å². The lowest BCUT2D eigenvalue weighted by Gasteiger charge is -2.34. The number of fused-ring (bicyclic) bond motifs is 6. The van der Waals surface area contributed by atoms with Crippen molar-refractivity contribution in [3.63, 3.8) is 0 Å². The lowest BCUT2D eigenvalue weighted by molar-refractivity contribution is 0.0977. The van der Waals surface area contributed by atoms with Crippen LogP contribution >= 0.6 is 0 Å². The van der Waals surface area contributed by atoms with E-state index in [1.54, 1.807) is 42.5 Å². The molecule has 4 bridgehead atoms. The molecule has 3 aromatic heterocycles. The second-order valence-electron chi connectivity index (χ2n) is 12.7. The van der Waals surface area contributed by atoms with Gasteiger partial charge in [-0.2, -0.15) is 8.42 Å². The van der Waals surface area contributed by atoms with Crippen molar-refractivity contribution in [2.24, 2.45) is 11.7 Å². The topological polar surface area (TPSA) is 160 Å². The molecule has 0 unspecified atom stereocenters. The zero-order valence-electron chi connectivity index (χ0n) is 24.5.